The maximum absolute atomic E-state index is 13.3. The Labute approximate surface area is 823 Å². The molecule has 0 bridgehead atoms. The van der Waals surface area contributed by atoms with Gasteiger partial charge in [0, 0.05) is 7.14 Å². The van der Waals surface area contributed by atoms with Crippen LogP contribution >= 0.6 is 45.2 Å². The van der Waals surface area contributed by atoms with E-state index in [0.29, 0.717) is 55.7 Å². The number of carbonyl (C=O) groups excluding carboxylic acids is 6. The Hall–Kier alpha value is -9.86. The number of fused-ring (bicyclic) bond motifs is 9. The lowest BCUT2D eigenvalue weighted by Crippen LogP contribution is -2.36. The maximum atomic E-state index is 13.3. The fraction of sp³-hybridized carbons (Fsp3) is 0.356. The molecule has 0 spiro atoms. The van der Waals surface area contributed by atoms with Gasteiger partial charge in [0.2, 0.25) is 0 Å². The average Bonchev–Trinajstić information content (AvgIpc) is 1.59. The predicted octanol–water partition coefficient (Wildman–Crippen LogP) is 15.8. The summed E-state index contributed by atoms with van der Waals surface area (Å²) in [6.45, 7) is 15.0. The molecule has 0 amide bonds. The summed E-state index contributed by atoms with van der Waals surface area (Å²) in [4.78, 5) is 72.9. The molecule has 0 fully saturated rings. The van der Waals surface area contributed by atoms with Crippen LogP contribution in [0, 0.1) is 68.4 Å². The molecule has 50 heteroatoms. The van der Waals surface area contributed by atoms with Crippen molar-refractivity contribution < 1.29 is 188 Å². The number of hydrogen-bond acceptors (Lipinski definition) is 30. The summed E-state index contributed by atoms with van der Waals surface area (Å²) in [7, 11) is -35.3. The van der Waals surface area contributed by atoms with Crippen molar-refractivity contribution in [1.29, 1.82) is 0 Å². The zero-order valence-electron chi connectivity index (χ0n) is 75.4. The second-order valence-electron chi connectivity index (χ2n) is 32.4. The molecular weight excluding hydrogens is 2240 g/mol. The minimum Gasteiger partial charge on any atom is -0.743 e. The Morgan fingerprint density at radius 2 is 0.564 bits per heavy atom. The molecule has 3 atom stereocenters. The molecule has 13 rings (SSSR count). The van der Waals surface area contributed by atoms with Gasteiger partial charge in [-0.3, -0.25) is 28.8 Å². The van der Waals surface area contributed by atoms with E-state index in [-0.39, 0.29) is 0 Å². The Bertz CT molecular complexity index is 6980. The van der Waals surface area contributed by atoms with Crippen molar-refractivity contribution in [2.24, 2.45) is 5.92 Å². The first-order chi connectivity index (χ1) is 64.0. The standard InChI is InChI=1S/C18H22F2O5S.C16H10F2I2O5S.C16H12F2O5S.C16H18F2O5S.C12H10F2O5S.C12H16F2O5S/c1-8-9(2)11(4)15-14(10(8)3)12(5)13(6)16(15)17(21)25-7-18(19,20)26(22,23)24;17-16(18,26(22,23)24)7-25-15(21)14-12-5-8(19)1-3-10(12)11-4-2-9(20)6-13(11)14;17-16(18,24(20,21)22)9-23-15(19)14-12-7-3-1-5-10(12)11-6-2-4-8-13(11)14;1-8-9(2)11(4)14-12(10(8)3)5-6-13(14)15(19)23-7-16(17,18)24(20,21)22;13-12(14,20(16,17)18)7-19-11(15)10-6-5-8-3-1-2-4-9(8)10;1-6-7(2)9(4)10(8(6)3)11(15)19-5-12(13,14)20(16,17)18/h16H,7H2,1-6H3,(H,22,23,24);1-6,14H,7H2,(H,22,23,24);1-8,14H,9H2,(H,20,21,22);5-6,13H,7H2,1-4H3,(H,20,21,22);1-6,10H,7H2,(H,16,17,18);10H,5H2,1-4H3,(H,16,17,18)/p-6. The Morgan fingerprint density at radius 1 is 0.293 bits per heavy atom. The normalized spacial score (nSPS) is 16.3. The lowest BCUT2D eigenvalue weighted by Gasteiger charge is -2.23. The minimum absolute atomic E-state index is 0.575. The van der Waals surface area contributed by atoms with Gasteiger partial charge in [0.25, 0.3) is 0 Å². The molecule has 762 valence electrons. The van der Waals surface area contributed by atoms with Gasteiger partial charge in [0.05, 0.1) is 5.92 Å². The molecule has 0 radical (unpaired) electrons. The summed E-state index contributed by atoms with van der Waals surface area (Å²) in [5.74, 6) is -11.5. The third-order valence-electron chi connectivity index (χ3n) is 24.1. The highest BCUT2D eigenvalue weighted by atomic mass is 127. The number of benzene rings is 7. The lowest BCUT2D eigenvalue weighted by molar-refractivity contribution is -0.152. The molecule has 0 saturated heterocycles. The molecule has 0 aliphatic heterocycles. The summed E-state index contributed by atoms with van der Waals surface area (Å²) >= 11 is 4.13. The zero-order valence-corrected chi connectivity index (χ0v) is 84.6. The molecular formula is C90H82F12I2O30S6-6. The average molecular weight is 2320 g/mol. The largest absolute Gasteiger partial charge is 0.743 e. The number of hydrogen-bond donors (Lipinski definition) is 0. The van der Waals surface area contributed by atoms with E-state index in [1.165, 1.54) is 12.2 Å². The van der Waals surface area contributed by atoms with E-state index in [4.69, 9.17) is 0 Å². The van der Waals surface area contributed by atoms with Gasteiger partial charge in [-0.1, -0.05) is 126 Å². The predicted molar refractivity (Wildman–Crippen MR) is 489 cm³/mol. The highest BCUT2D eigenvalue weighted by molar-refractivity contribution is 14.1. The molecule has 6 aliphatic rings. The number of allylic oxidation sites excluding steroid dienone is 3. The quantitative estimate of drug-likeness (QED) is 0.0178. The highest BCUT2D eigenvalue weighted by Gasteiger charge is 2.49. The molecule has 0 saturated carbocycles. The first-order valence-electron chi connectivity index (χ1n) is 40.4. The number of ether oxygens (including phenoxy) is 6. The van der Waals surface area contributed by atoms with Crippen LogP contribution in [0.5, 0.6) is 0 Å². The summed E-state index contributed by atoms with van der Waals surface area (Å²) in [5.41, 5.74) is 22.3. The van der Waals surface area contributed by atoms with Gasteiger partial charge in [-0.15, -0.1) is 0 Å². The van der Waals surface area contributed by atoms with Gasteiger partial charge in [0.1, 0.15) is 29.6 Å². The zero-order chi connectivity index (χ0) is 106. The van der Waals surface area contributed by atoms with Gasteiger partial charge in [0.15, 0.2) is 100 Å². The fourth-order valence-corrected chi connectivity index (χ4v) is 17.7. The molecule has 140 heavy (non-hydrogen) atoms. The first-order valence-corrected chi connectivity index (χ1v) is 51.0. The second-order valence-corrected chi connectivity index (χ2v) is 43.9. The van der Waals surface area contributed by atoms with Gasteiger partial charge >= 0.3 is 67.3 Å². The molecule has 6 aliphatic carbocycles. The molecule has 0 N–H and O–H groups in total. The van der Waals surface area contributed by atoms with Crippen LogP contribution in [0.4, 0.5) is 52.7 Å². The Balaban J connectivity index is 0.000000206. The van der Waals surface area contributed by atoms with Crippen molar-refractivity contribution in [2.75, 3.05) is 39.6 Å². The highest BCUT2D eigenvalue weighted by Crippen LogP contribution is 2.51. The number of carbonyl (C=O) groups is 6. The number of esters is 6. The molecule has 7 aromatic carbocycles. The number of halogens is 14. The number of rotatable bonds is 24. The van der Waals surface area contributed by atoms with Gasteiger partial charge in [-0.25, -0.2) is 50.5 Å². The SMILES string of the molecule is CC1=C(C)C(C(=O)OCC(F)(F)S(=O)(=O)[O-])C(C)=C1C.CC1=C(C)C(C(=O)OCC(F)(F)S(=O)(=O)[O-])c2c(C)c(C)c(C)c(C)c21.Cc1c(C)c(C)c2c(c1C)C=CC2C(=O)OCC(F)(F)S(=O)(=O)[O-].O=C(OCC(F)(F)S(=O)(=O)[O-])C1C=Cc2ccccc21.O=C(OCC(F)(F)S(=O)(=O)[O-])C1c2cc(I)ccc2-c2ccc(I)cc21.O=C(OCC(F)(F)S(=O)(=O)[O-])C1c2ccccc2-c2ccccc21. The third kappa shape index (κ3) is 24.8. The smallest absolute Gasteiger partial charge is 0.367 e. The van der Waals surface area contributed by atoms with E-state index < -0.39 is 203 Å². The van der Waals surface area contributed by atoms with Crippen molar-refractivity contribution in [3.63, 3.8) is 0 Å². The molecule has 0 aromatic heterocycles. The van der Waals surface area contributed by atoms with E-state index in [2.05, 4.69) is 73.6 Å². The molecule has 7 aromatic rings. The van der Waals surface area contributed by atoms with E-state index >= 15 is 0 Å². The van der Waals surface area contributed by atoms with Crippen molar-refractivity contribution in [2.45, 2.75) is 158 Å². The Kier molecular flexibility index (Phi) is 35.4. The summed E-state index contributed by atoms with van der Waals surface area (Å²) in [6, 6.07) is 31.5. The van der Waals surface area contributed by atoms with Crippen LogP contribution in [-0.4, -0.2) is 185 Å². The fourth-order valence-electron chi connectivity index (χ4n) is 15.5. The van der Waals surface area contributed by atoms with Gasteiger partial charge in [-0.2, -0.15) is 52.7 Å². The van der Waals surface area contributed by atoms with Crippen LogP contribution in [-0.2, 0) is 118 Å². The van der Waals surface area contributed by atoms with Gasteiger partial charge in [-0.05, 0) is 305 Å². The van der Waals surface area contributed by atoms with E-state index in [9.17, 15) is 159 Å². The van der Waals surface area contributed by atoms with Crippen LogP contribution in [0.3, 0.4) is 0 Å². The second kappa shape index (κ2) is 43.0. The van der Waals surface area contributed by atoms with E-state index in [1.807, 2.05) is 86.6 Å². The first kappa shape index (κ1) is 115. The number of alkyl halides is 12. The molecule has 3 unspecified atom stereocenters. The van der Waals surface area contributed by atoms with Crippen molar-refractivity contribution >= 4 is 159 Å². The topological polar surface area (TPSA) is 501 Å². The van der Waals surface area contributed by atoms with Gasteiger partial charge < -0.3 is 55.7 Å². The Morgan fingerprint density at radius 3 is 0.929 bits per heavy atom. The third-order valence-corrected chi connectivity index (χ3v) is 30.5. The lowest BCUT2D eigenvalue weighted by atomic mass is 9.85. The van der Waals surface area contributed by atoms with E-state index in [0.717, 1.165) is 107 Å². The summed E-state index contributed by atoms with van der Waals surface area (Å²) in [5, 5.41) is -27.9. The molecule has 0 heterocycles. The monoisotopic (exact) mass is 2320 g/mol. The maximum Gasteiger partial charge on any atom is 0.367 e. The molecule has 30 nitrogen and oxygen atoms in total. The summed E-state index contributed by atoms with van der Waals surface area (Å²) < 4.78 is 374. The van der Waals surface area contributed by atoms with Crippen LogP contribution in [0.15, 0.2) is 149 Å². The minimum atomic E-state index is -5.92. The van der Waals surface area contributed by atoms with Crippen molar-refractivity contribution in [3.05, 3.63) is 256 Å². The van der Waals surface area contributed by atoms with Crippen LogP contribution in [0.25, 0.3) is 40.0 Å². The van der Waals surface area contributed by atoms with Crippen molar-refractivity contribution in [3.8, 4) is 22.3 Å². The summed E-state index contributed by atoms with van der Waals surface area (Å²) in [6.07, 6.45) is 6.33. The van der Waals surface area contributed by atoms with Crippen LogP contribution in [0.1, 0.15) is 171 Å². The van der Waals surface area contributed by atoms with E-state index in [1.54, 1.807) is 132 Å². The van der Waals surface area contributed by atoms with Crippen molar-refractivity contribution in [1.82, 2.24) is 0 Å². The van der Waals surface area contributed by atoms with Crippen LogP contribution in [0.2, 0.25) is 0 Å². The van der Waals surface area contributed by atoms with Crippen LogP contribution < -0.4 is 0 Å².